The average molecular weight is 487 g/mol. The highest BCUT2D eigenvalue weighted by atomic mass is 19.4. The number of alkyl halides is 3. The molecule has 1 aromatic heterocycles. The Labute approximate surface area is 205 Å². The number of rotatable bonds is 12. The highest BCUT2D eigenvalue weighted by molar-refractivity contribution is 5.63. The molecule has 2 N–H and O–H groups in total. The molecule has 2 aromatic carbocycles. The summed E-state index contributed by atoms with van der Waals surface area (Å²) < 4.78 is 46.5. The van der Waals surface area contributed by atoms with E-state index < -0.39 is 11.7 Å². The van der Waals surface area contributed by atoms with Gasteiger partial charge in [0.2, 0.25) is 5.95 Å². The Hall–Kier alpha value is -3.29. The van der Waals surface area contributed by atoms with E-state index in [-0.39, 0.29) is 11.8 Å². The lowest BCUT2D eigenvalue weighted by atomic mass is 9.99. The molecule has 1 unspecified atom stereocenters. The molecule has 0 aliphatic carbocycles. The number of hydrogen-bond donors (Lipinski definition) is 2. The number of halogens is 3. The van der Waals surface area contributed by atoms with Crippen LogP contribution in [-0.4, -0.2) is 16.6 Å². The van der Waals surface area contributed by atoms with Crippen LogP contribution in [0.5, 0.6) is 5.75 Å². The Balaban J connectivity index is 1.71. The van der Waals surface area contributed by atoms with Gasteiger partial charge in [0, 0.05) is 17.6 Å². The fourth-order valence-corrected chi connectivity index (χ4v) is 3.49. The van der Waals surface area contributed by atoms with Crippen molar-refractivity contribution in [2.24, 2.45) is 0 Å². The van der Waals surface area contributed by atoms with E-state index in [1.807, 2.05) is 24.3 Å². The minimum absolute atomic E-state index is 0.0601. The maximum absolute atomic E-state index is 13.6. The third-order valence-corrected chi connectivity index (χ3v) is 5.83. The summed E-state index contributed by atoms with van der Waals surface area (Å²) in [6.45, 7) is 7.02. The van der Waals surface area contributed by atoms with Gasteiger partial charge in [0.15, 0.2) is 0 Å². The molecule has 188 valence electrons. The summed E-state index contributed by atoms with van der Waals surface area (Å²) in [6.07, 6.45) is 1.70. The van der Waals surface area contributed by atoms with Crippen LogP contribution in [0.4, 0.5) is 36.3 Å². The Morgan fingerprint density at radius 3 is 2.17 bits per heavy atom. The minimum atomic E-state index is -4.59. The van der Waals surface area contributed by atoms with Gasteiger partial charge < -0.3 is 15.4 Å². The van der Waals surface area contributed by atoms with Crippen LogP contribution < -0.4 is 15.4 Å². The van der Waals surface area contributed by atoms with Crippen molar-refractivity contribution >= 4 is 23.1 Å². The summed E-state index contributed by atoms with van der Waals surface area (Å²) in [4.78, 5) is 8.00. The molecule has 3 rings (SSSR count). The molecule has 0 spiro atoms. The number of nitrogens with zero attached hydrogens (tertiary/aromatic N) is 2. The van der Waals surface area contributed by atoms with Crippen molar-refractivity contribution in [1.82, 2.24) is 9.97 Å². The van der Waals surface area contributed by atoms with Crippen molar-refractivity contribution < 1.29 is 17.9 Å². The number of anilines is 4. The molecule has 0 saturated carbocycles. The standard InChI is InChI=1S/C27H33F3N4O/c1-4-6-7-8-17-35-23-15-13-22(14-16-23)33-26-31-18-24(27(28,29)30)25(34-26)32-21-11-9-20(10-12-21)19(3)5-2/h9-16,18-19H,4-8,17H2,1-3H3,(H2,31,32,33,34). The first-order valence-electron chi connectivity index (χ1n) is 12.1. The van der Waals surface area contributed by atoms with Gasteiger partial charge >= 0.3 is 6.18 Å². The van der Waals surface area contributed by atoms with Crippen LogP contribution in [0.15, 0.2) is 54.7 Å². The predicted octanol–water partition coefficient (Wildman–Crippen LogP) is 8.46. The van der Waals surface area contributed by atoms with Gasteiger partial charge in [-0.15, -0.1) is 0 Å². The second kappa shape index (κ2) is 12.4. The zero-order valence-corrected chi connectivity index (χ0v) is 20.5. The normalized spacial score (nSPS) is 12.3. The van der Waals surface area contributed by atoms with Crippen LogP contribution in [0, 0.1) is 0 Å². The van der Waals surface area contributed by atoms with Crippen molar-refractivity contribution in [2.45, 2.75) is 65.0 Å². The zero-order valence-electron chi connectivity index (χ0n) is 20.5. The van der Waals surface area contributed by atoms with E-state index in [1.54, 1.807) is 24.3 Å². The lowest BCUT2D eigenvalue weighted by Gasteiger charge is -2.16. The molecule has 0 fully saturated rings. The summed E-state index contributed by atoms with van der Waals surface area (Å²) in [5, 5.41) is 5.77. The lowest BCUT2D eigenvalue weighted by molar-refractivity contribution is -0.137. The Morgan fingerprint density at radius 1 is 0.886 bits per heavy atom. The number of nitrogens with one attached hydrogen (secondary N) is 2. The van der Waals surface area contributed by atoms with E-state index >= 15 is 0 Å². The largest absolute Gasteiger partial charge is 0.494 e. The molecular weight excluding hydrogens is 453 g/mol. The zero-order chi connectivity index (χ0) is 25.3. The van der Waals surface area contributed by atoms with Crippen LogP contribution in [-0.2, 0) is 6.18 Å². The van der Waals surface area contributed by atoms with Gasteiger partial charge in [-0.3, -0.25) is 0 Å². The Kier molecular flexibility index (Phi) is 9.34. The first-order chi connectivity index (χ1) is 16.8. The van der Waals surface area contributed by atoms with Crippen LogP contribution >= 0.6 is 0 Å². The van der Waals surface area contributed by atoms with Crippen LogP contribution in [0.3, 0.4) is 0 Å². The molecule has 0 amide bonds. The van der Waals surface area contributed by atoms with E-state index in [2.05, 4.69) is 41.4 Å². The molecule has 0 aliphatic rings. The predicted molar refractivity (Wildman–Crippen MR) is 135 cm³/mol. The molecule has 0 saturated heterocycles. The van der Waals surface area contributed by atoms with Crippen molar-refractivity contribution in [1.29, 1.82) is 0 Å². The maximum atomic E-state index is 13.6. The molecule has 0 bridgehead atoms. The van der Waals surface area contributed by atoms with Gasteiger partial charge in [-0.1, -0.05) is 52.2 Å². The first kappa shape index (κ1) is 26.3. The molecular formula is C27H33F3N4O. The number of hydrogen-bond acceptors (Lipinski definition) is 5. The van der Waals surface area contributed by atoms with Gasteiger partial charge in [0.25, 0.3) is 0 Å². The topological polar surface area (TPSA) is 59.1 Å². The van der Waals surface area contributed by atoms with Gasteiger partial charge in [-0.05, 0) is 60.7 Å². The average Bonchev–Trinajstić information content (AvgIpc) is 2.84. The Morgan fingerprint density at radius 2 is 1.54 bits per heavy atom. The van der Waals surface area contributed by atoms with Gasteiger partial charge in [-0.2, -0.15) is 18.2 Å². The highest BCUT2D eigenvalue weighted by Crippen LogP contribution is 2.35. The van der Waals surface area contributed by atoms with E-state index in [1.165, 1.54) is 12.8 Å². The van der Waals surface area contributed by atoms with Crippen molar-refractivity contribution in [3.8, 4) is 5.75 Å². The SMILES string of the molecule is CCCCCCOc1ccc(Nc2ncc(C(F)(F)F)c(Nc3ccc(C(C)CC)cc3)n2)cc1. The number of unbranched alkanes of at least 4 members (excludes halogenated alkanes) is 3. The van der Waals surface area contributed by atoms with E-state index in [4.69, 9.17) is 4.74 Å². The summed E-state index contributed by atoms with van der Waals surface area (Å²) in [5.74, 6) is 0.870. The second-order valence-electron chi connectivity index (χ2n) is 8.57. The summed E-state index contributed by atoms with van der Waals surface area (Å²) in [7, 11) is 0. The van der Waals surface area contributed by atoms with Crippen molar-refractivity contribution in [3.63, 3.8) is 0 Å². The molecule has 0 radical (unpaired) electrons. The highest BCUT2D eigenvalue weighted by Gasteiger charge is 2.35. The van der Waals surface area contributed by atoms with Crippen molar-refractivity contribution in [3.05, 3.63) is 65.9 Å². The number of aromatic nitrogens is 2. The monoisotopic (exact) mass is 486 g/mol. The van der Waals surface area contributed by atoms with E-state index in [9.17, 15) is 13.2 Å². The third kappa shape index (κ3) is 7.87. The van der Waals surface area contributed by atoms with Crippen LogP contribution in [0.1, 0.15) is 69.9 Å². The molecule has 5 nitrogen and oxygen atoms in total. The fraction of sp³-hybridized carbons (Fsp3) is 0.407. The first-order valence-corrected chi connectivity index (χ1v) is 12.1. The van der Waals surface area contributed by atoms with Crippen LogP contribution in [0.25, 0.3) is 0 Å². The molecule has 1 atom stereocenters. The summed E-state index contributed by atoms with van der Waals surface area (Å²) in [5.41, 5.74) is 1.37. The smallest absolute Gasteiger partial charge is 0.421 e. The minimum Gasteiger partial charge on any atom is -0.494 e. The Bertz CT molecular complexity index is 1050. The van der Waals surface area contributed by atoms with E-state index in [0.717, 1.165) is 36.8 Å². The lowest BCUT2D eigenvalue weighted by Crippen LogP contribution is -2.12. The molecule has 35 heavy (non-hydrogen) atoms. The molecule has 1 heterocycles. The van der Waals surface area contributed by atoms with Gasteiger partial charge in [-0.25, -0.2) is 4.98 Å². The number of benzene rings is 2. The maximum Gasteiger partial charge on any atom is 0.421 e. The molecule has 8 heteroatoms. The van der Waals surface area contributed by atoms with Crippen molar-refractivity contribution in [2.75, 3.05) is 17.2 Å². The fourth-order valence-electron chi connectivity index (χ4n) is 3.49. The van der Waals surface area contributed by atoms with Crippen LogP contribution in [0.2, 0.25) is 0 Å². The van der Waals surface area contributed by atoms with Gasteiger partial charge in [0.05, 0.1) is 6.61 Å². The van der Waals surface area contributed by atoms with Gasteiger partial charge in [0.1, 0.15) is 17.1 Å². The second-order valence-corrected chi connectivity index (χ2v) is 8.57. The summed E-state index contributed by atoms with van der Waals surface area (Å²) in [6, 6.07) is 14.5. The third-order valence-electron chi connectivity index (χ3n) is 5.83. The number of ether oxygens (including phenoxy) is 1. The van der Waals surface area contributed by atoms with E-state index in [0.29, 0.717) is 23.9 Å². The quantitative estimate of drug-likeness (QED) is 0.252. The molecule has 0 aliphatic heterocycles. The summed E-state index contributed by atoms with van der Waals surface area (Å²) >= 11 is 0. The molecule has 3 aromatic rings.